The predicted molar refractivity (Wildman–Crippen MR) is 366 cm³/mol. The van der Waals surface area contributed by atoms with Gasteiger partial charge in [0.25, 0.3) is 32.6 Å². The molecule has 4 saturated heterocycles. The Morgan fingerprint density at radius 1 is 0.500 bits per heavy atom. The number of nitrogens with zero attached hydrogens (tertiary/aromatic N) is 12. The summed E-state index contributed by atoms with van der Waals surface area (Å²) in [5.41, 5.74) is -0.0737. The van der Waals surface area contributed by atoms with Gasteiger partial charge in [-0.1, -0.05) is 73.0 Å². The second kappa shape index (κ2) is 30.2. The highest BCUT2D eigenvalue weighted by Gasteiger charge is 2.43. The monoisotopic (exact) mass is 1440 g/mol. The number of hydrogen-bond donors (Lipinski definition) is 6. The Labute approximate surface area is 568 Å². The van der Waals surface area contributed by atoms with E-state index < -0.39 is 43.2 Å². The van der Waals surface area contributed by atoms with Crippen LogP contribution < -0.4 is 41.7 Å². The maximum Gasteiger partial charge on any atom is 0.311 e. The summed E-state index contributed by atoms with van der Waals surface area (Å²) in [6.07, 6.45) is 8.91. The molecular formula is C58H68N16O16S6. The minimum atomic E-state index is -0.769. The van der Waals surface area contributed by atoms with Crippen LogP contribution in [0.3, 0.4) is 0 Å². The standard InChI is InChI=1S/2C16H17N5O4S2.2C12H15N3O4S.C2H4/c1-3-9-10(25-16(26)20-5-4-17-7-20)6-11(24-9)21-13-12(27-15(21)23)14(22)19-8(2)18-13;1-3-9-6-10(25-16(26)20-5-4-17-7-20)14(24-9)21-12-11(27-15(21)23)13(22)19-8(2)18-12;1-3-7-6(16)4-8(19-7)15-10-9(20-12(15)18)11(17)14-5(2)13-10;1-3-6-4-7(16)11(19-6)15-9-8(20-12(15)18)10(17)14-5(2)13-9;1-2/h4-5,7,9-11H,3,6H2,1-2H3,(H,18,19,22);4-5,7,9-10,14H,3,6H2,1-2H3,(H,18,19,22);6-8,16H,3-4H2,1-2H3,(H,13,14,17);6-7,11,16H,3-4H2,1-2H3,(H,13,14,17);1-2H2/t9-,10+,11-;9-,10-,14-;6-,7+,8+;6-,7-,11-;/m1101./s1. The Hall–Kier alpha value is -8.02. The van der Waals surface area contributed by atoms with Gasteiger partial charge in [0.1, 0.15) is 85.5 Å². The predicted octanol–water partition coefficient (Wildman–Crippen LogP) is 4.96. The molecule has 0 aliphatic carbocycles. The van der Waals surface area contributed by atoms with Crippen molar-refractivity contribution in [2.75, 3.05) is 0 Å². The van der Waals surface area contributed by atoms with Gasteiger partial charge in [-0.2, -0.15) is 0 Å². The van der Waals surface area contributed by atoms with Gasteiger partial charge in [-0.05, 0) is 77.8 Å². The molecule has 4 fully saturated rings. The zero-order chi connectivity index (χ0) is 69.1. The van der Waals surface area contributed by atoms with E-state index in [2.05, 4.69) is 63.0 Å². The summed E-state index contributed by atoms with van der Waals surface area (Å²) in [7, 11) is 0. The van der Waals surface area contributed by atoms with Crippen molar-refractivity contribution in [3.8, 4) is 0 Å². The van der Waals surface area contributed by atoms with E-state index in [0.717, 1.165) is 58.2 Å². The number of H-pyrrole nitrogens is 4. The van der Waals surface area contributed by atoms with Crippen molar-refractivity contribution in [1.29, 1.82) is 0 Å². The lowest BCUT2D eigenvalue weighted by atomic mass is 10.1. The minimum absolute atomic E-state index is 0.0834. The third-order valence-electron chi connectivity index (χ3n) is 15.8. The molecule has 4 aliphatic rings. The van der Waals surface area contributed by atoms with Crippen LogP contribution in [0.5, 0.6) is 0 Å². The van der Waals surface area contributed by atoms with Crippen LogP contribution in [-0.4, -0.2) is 147 Å². The van der Waals surface area contributed by atoms with E-state index in [-0.39, 0.29) is 97.6 Å². The fourth-order valence-corrected chi connectivity index (χ4v) is 15.2. The number of aromatic nitrogens is 16. The van der Waals surface area contributed by atoms with Gasteiger partial charge in [-0.15, -0.1) is 13.2 Å². The van der Waals surface area contributed by atoms with Gasteiger partial charge in [-0.3, -0.25) is 65.8 Å². The number of aliphatic hydroxyl groups is 2. The number of thiazole rings is 4. The lowest BCUT2D eigenvalue weighted by Gasteiger charge is -2.21. The van der Waals surface area contributed by atoms with Gasteiger partial charge in [0.2, 0.25) is 0 Å². The van der Waals surface area contributed by atoms with Crippen LogP contribution in [0, 0.1) is 27.7 Å². The fraction of sp³-hybridized carbons (Fsp3) is 0.483. The molecule has 96 heavy (non-hydrogen) atoms. The largest absolute Gasteiger partial charge is 0.464 e. The van der Waals surface area contributed by atoms with Crippen LogP contribution in [0.4, 0.5) is 0 Å². The molecule has 14 rings (SSSR count). The fourth-order valence-electron chi connectivity index (χ4n) is 11.3. The Kier molecular flexibility index (Phi) is 22.2. The first-order chi connectivity index (χ1) is 46.0. The summed E-state index contributed by atoms with van der Waals surface area (Å²) >= 11 is 14.0. The summed E-state index contributed by atoms with van der Waals surface area (Å²) < 4.78 is 45.2. The highest BCUT2D eigenvalue weighted by molar-refractivity contribution is 7.80. The zero-order valence-corrected chi connectivity index (χ0v) is 57.8. The number of aliphatic hydroxyl groups excluding tert-OH is 2. The molecule has 38 heteroatoms. The van der Waals surface area contributed by atoms with Crippen molar-refractivity contribution < 1.29 is 38.6 Å². The van der Waals surface area contributed by atoms with Gasteiger partial charge < -0.3 is 58.6 Å². The van der Waals surface area contributed by atoms with Gasteiger partial charge in [-0.25, -0.2) is 29.9 Å². The first-order valence-electron chi connectivity index (χ1n) is 30.3. The van der Waals surface area contributed by atoms with Crippen molar-refractivity contribution in [3.05, 3.63) is 154 Å². The summed E-state index contributed by atoms with van der Waals surface area (Å²) in [6, 6.07) is 0. The maximum atomic E-state index is 12.6. The van der Waals surface area contributed by atoms with E-state index in [0.29, 0.717) is 88.2 Å². The number of rotatable bonds is 10. The van der Waals surface area contributed by atoms with Crippen LogP contribution in [0.2, 0.25) is 0 Å². The first kappa shape index (κ1) is 70.8. The van der Waals surface area contributed by atoms with Crippen molar-refractivity contribution in [1.82, 2.24) is 77.2 Å². The number of hydrogen-bond acceptors (Lipinski definition) is 28. The smallest absolute Gasteiger partial charge is 0.311 e. The molecule has 0 bridgehead atoms. The van der Waals surface area contributed by atoms with Crippen molar-refractivity contribution in [3.63, 3.8) is 0 Å². The second-order valence-corrected chi connectivity index (χ2v) is 26.8. The van der Waals surface area contributed by atoms with E-state index in [1.165, 1.54) is 18.3 Å². The molecule has 0 radical (unpaired) electrons. The number of fused-ring (bicyclic) bond motifs is 4. The molecule has 32 nitrogen and oxygen atoms in total. The van der Waals surface area contributed by atoms with Crippen molar-refractivity contribution >= 4 is 122 Å². The van der Waals surface area contributed by atoms with E-state index in [9.17, 15) is 48.6 Å². The SMILES string of the molecule is C=C.CC[C@@H]1C[C@@H](O)[C@H](n2c(=O)sc3c(=O)[nH]c(C)nc32)O1.CC[C@@H]1C[C@@H](OC(=S)n2ccnc2)[C@H](n2c(=O)sc3c(=O)[nH]c(C)nc32)O1.CC[C@H]1O[C@@H](n2c(=O)sc3c(=O)[nH]c(C)nc32)C[C@@H]1O.CC[C@H]1O[C@@H](n2c(=O)sc3c(=O)[nH]c(C)nc32)C[C@@H]1OC(=S)n1ccnc1. The molecule has 14 heterocycles. The summed E-state index contributed by atoms with van der Waals surface area (Å²) in [4.78, 5) is 132. The maximum absolute atomic E-state index is 12.6. The zero-order valence-electron chi connectivity index (χ0n) is 52.9. The number of ether oxygens (including phenoxy) is 6. The Morgan fingerprint density at radius 2 is 0.865 bits per heavy atom. The number of nitrogens with one attached hydrogen (secondary N) is 4. The Morgan fingerprint density at radius 3 is 1.25 bits per heavy atom. The molecule has 12 atom stereocenters. The summed E-state index contributed by atoms with van der Waals surface area (Å²) in [6.45, 7) is 20.5. The molecule has 10 aromatic rings. The molecule has 6 N–H and O–H groups in total. The van der Waals surface area contributed by atoms with Gasteiger partial charge in [0.05, 0.1) is 30.5 Å². The summed E-state index contributed by atoms with van der Waals surface area (Å²) in [5, 5.41) is 20.5. The van der Waals surface area contributed by atoms with E-state index in [1.54, 1.807) is 74.3 Å². The van der Waals surface area contributed by atoms with E-state index >= 15 is 0 Å². The average Bonchev–Trinajstić information content (AvgIpc) is 1.63. The third-order valence-corrected chi connectivity index (χ3v) is 20.2. The van der Waals surface area contributed by atoms with Gasteiger partial charge >= 0.3 is 19.5 Å². The normalized spacial score (nSPS) is 23.6. The van der Waals surface area contributed by atoms with Gasteiger partial charge in [0.15, 0.2) is 35.0 Å². The topological polar surface area (TPSA) is 402 Å². The van der Waals surface area contributed by atoms with Crippen LogP contribution in [0.1, 0.15) is 127 Å². The molecule has 0 unspecified atom stereocenters. The molecular weight excluding hydrogens is 1370 g/mol. The molecule has 0 amide bonds. The summed E-state index contributed by atoms with van der Waals surface area (Å²) in [5.74, 6) is 1.74. The molecule has 4 aliphatic heterocycles. The third kappa shape index (κ3) is 14.6. The second-order valence-electron chi connectivity index (χ2n) is 22.2. The Balaban J connectivity index is 0.000000139. The molecule has 0 saturated carbocycles. The van der Waals surface area contributed by atoms with Crippen molar-refractivity contribution in [2.24, 2.45) is 0 Å². The number of thiocarbonyl (C=S) groups is 2. The quantitative estimate of drug-likeness (QED) is 0.0778. The molecule has 0 spiro atoms. The van der Waals surface area contributed by atoms with E-state index in [1.807, 2.05) is 27.7 Å². The molecule has 512 valence electrons. The average molecular weight is 1440 g/mol. The molecule has 10 aromatic heterocycles. The molecule has 0 aromatic carbocycles. The minimum Gasteiger partial charge on any atom is -0.464 e. The Bertz CT molecular complexity index is 4960. The van der Waals surface area contributed by atoms with Crippen LogP contribution in [0.15, 0.2) is 89.0 Å². The lowest BCUT2D eigenvalue weighted by Crippen LogP contribution is -2.31. The highest BCUT2D eigenvalue weighted by atomic mass is 32.1. The van der Waals surface area contributed by atoms with Crippen LogP contribution >= 0.6 is 69.8 Å². The van der Waals surface area contributed by atoms with Crippen LogP contribution in [-0.2, 0) is 28.4 Å². The highest BCUT2D eigenvalue weighted by Crippen LogP contribution is 2.37. The number of imidazole rings is 2. The first-order valence-corrected chi connectivity index (χ1v) is 34.4. The van der Waals surface area contributed by atoms with Gasteiger partial charge in [0, 0.05) is 50.5 Å². The van der Waals surface area contributed by atoms with Crippen molar-refractivity contribution in [2.45, 2.75) is 180 Å². The number of aromatic amines is 4. The lowest BCUT2D eigenvalue weighted by molar-refractivity contribution is -0.0364. The number of aryl methyl sites for hydroxylation is 4. The van der Waals surface area contributed by atoms with E-state index in [4.69, 9.17) is 52.9 Å². The van der Waals surface area contributed by atoms with Crippen LogP contribution in [0.25, 0.3) is 41.4 Å².